The van der Waals surface area contributed by atoms with Crippen molar-refractivity contribution < 1.29 is 4.74 Å². The predicted molar refractivity (Wildman–Crippen MR) is 90.8 cm³/mol. The highest BCUT2D eigenvalue weighted by molar-refractivity contribution is 5.83. The average Bonchev–Trinajstić information content (AvgIpc) is 3.04. The fraction of sp³-hybridized carbons (Fsp3) is 0.333. The van der Waals surface area contributed by atoms with E-state index in [1.54, 1.807) is 0 Å². The van der Waals surface area contributed by atoms with Crippen LogP contribution < -0.4 is 4.90 Å². The third-order valence-electron chi connectivity index (χ3n) is 4.32. The summed E-state index contributed by atoms with van der Waals surface area (Å²) in [5, 5.41) is 1.30. The third kappa shape index (κ3) is 3.05. The molecule has 1 N–H and O–H groups in total. The number of para-hydroxylation sites is 1. The monoisotopic (exact) mass is 308 g/mol. The van der Waals surface area contributed by atoms with Crippen LogP contribution in [0.1, 0.15) is 11.3 Å². The van der Waals surface area contributed by atoms with E-state index in [4.69, 9.17) is 9.72 Å². The van der Waals surface area contributed by atoms with Gasteiger partial charge in [-0.3, -0.25) is 0 Å². The highest BCUT2D eigenvalue weighted by atomic mass is 16.5. The molecule has 1 aliphatic rings. The minimum atomic E-state index is 0.753. The van der Waals surface area contributed by atoms with E-state index in [0.29, 0.717) is 0 Å². The van der Waals surface area contributed by atoms with Crippen molar-refractivity contribution in [3.8, 4) is 0 Å². The van der Waals surface area contributed by atoms with Crippen LogP contribution in [0.3, 0.4) is 0 Å². The summed E-state index contributed by atoms with van der Waals surface area (Å²) >= 11 is 0. The van der Waals surface area contributed by atoms with Gasteiger partial charge < -0.3 is 14.6 Å². The number of nitrogens with one attached hydrogen (secondary N) is 1. The standard InChI is InChI=1S/C18H20N4O/c1-2-4-17-16(3-1)14(13-20-17)5-6-15-7-8-19-18(21-15)22-9-11-23-12-10-22/h1-4,7-8,13,20H,5-6,9-12H2. The number of fused-ring (bicyclic) bond motifs is 1. The first-order valence-corrected chi connectivity index (χ1v) is 8.10. The van der Waals surface area contributed by atoms with Crippen LogP contribution in [0.2, 0.25) is 0 Å². The van der Waals surface area contributed by atoms with Crippen LogP contribution in [0, 0.1) is 0 Å². The van der Waals surface area contributed by atoms with Crippen LogP contribution >= 0.6 is 0 Å². The molecule has 1 saturated heterocycles. The zero-order valence-corrected chi connectivity index (χ0v) is 13.0. The molecule has 1 aromatic carbocycles. The number of morpholine rings is 1. The minimum Gasteiger partial charge on any atom is -0.378 e. The summed E-state index contributed by atoms with van der Waals surface area (Å²) in [4.78, 5) is 14.7. The van der Waals surface area contributed by atoms with E-state index in [2.05, 4.69) is 45.3 Å². The Morgan fingerprint density at radius 3 is 2.87 bits per heavy atom. The fourth-order valence-electron chi connectivity index (χ4n) is 3.04. The van der Waals surface area contributed by atoms with Crippen molar-refractivity contribution >= 4 is 16.9 Å². The van der Waals surface area contributed by atoms with Crippen molar-refractivity contribution in [2.45, 2.75) is 12.8 Å². The highest BCUT2D eigenvalue weighted by Crippen LogP contribution is 2.19. The summed E-state index contributed by atoms with van der Waals surface area (Å²) in [5.41, 5.74) is 3.62. The number of benzene rings is 1. The number of hydrogen-bond acceptors (Lipinski definition) is 4. The second-order valence-corrected chi connectivity index (χ2v) is 5.81. The zero-order valence-electron chi connectivity index (χ0n) is 13.0. The first-order chi connectivity index (χ1) is 11.4. The van der Waals surface area contributed by atoms with Crippen LogP contribution in [0.5, 0.6) is 0 Å². The number of nitrogens with zero attached hydrogens (tertiary/aromatic N) is 3. The topological polar surface area (TPSA) is 54.0 Å². The molecule has 0 radical (unpaired) electrons. The van der Waals surface area contributed by atoms with Gasteiger partial charge in [0.2, 0.25) is 5.95 Å². The molecule has 0 unspecified atom stereocenters. The van der Waals surface area contributed by atoms with E-state index in [1.165, 1.54) is 16.5 Å². The van der Waals surface area contributed by atoms with Gasteiger partial charge in [0.25, 0.3) is 0 Å². The SMILES string of the molecule is c1ccc2c(CCc3ccnc(N4CCOCC4)n3)c[nH]c2c1. The van der Waals surface area contributed by atoms with E-state index in [9.17, 15) is 0 Å². The molecule has 0 saturated carbocycles. The molecule has 1 fully saturated rings. The second-order valence-electron chi connectivity index (χ2n) is 5.81. The molecule has 0 atom stereocenters. The molecule has 5 heteroatoms. The summed E-state index contributed by atoms with van der Waals surface area (Å²) < 4.78 is 5.39. The Morgan fingerprint density at radius 2 is 1.96 bits per heavy atom. The van der Waals surface area contributed by atoms with E-state index < -0.39 is 0 Å². The van der Waals surface area contributed by atoms with Gasteiger partial charge in [-0.1, -0.05) is 18.2 Å². The Bertz CT molecular complexity index is 792. The molecule has 23 heavy (non-hydrogen) atoms. The molecule has 5 nitrogen and oxygen atoms in total. The molecular formula is C18H20N4O. The van der Waals surface area contributed by atoms with Gasteiger partial charge >= 0.3 is 0 Å². The molecule has 0 spiro atoms. The molecular weight excluding hydrogens is 288 g/mol. The van der Waals surface area contributed by atoms with Crippen molar-refractivity contribution in [3.63, 3.8) is 0 Å². The molecule has 0 aliphatic carbocycles. The Morgan fingerprint density at radius 1 is 1.09 bits per heavy atom. The summed E-state index contributed by atoms with van der Waals surface area (Å²) in [7, 11) is 0. The molecule has 3 aromatic rings. The molecule has 0 amide bonds. The molecule has 0 bridgehead atoms. The first-order valence-electron chi connectivity index (χ1n) is 8.10. The maximum atomic E-state index is 5.39. The van der Waals surface area contributed by atoms with Gasteiger partial charge in [-0.25, -0.2) is 9.97 Å². The Balaban J connectivity index is 1.48. The minimum absolute atomic E-state index is 0.753. The molecule has 1 aliphatic heterocycles. The molecule has 2 aromatic heterocycles. The Labute approximate surface area is 135 Å². The summed E-state index contributed by atoms with van der Waals surface area (Å²) in [5.74, 6) is 0.824. The third-order valence-corrected chi connectivity index (χ3v) is 4.32. The number of ether oxygens (including phenoxy) is 1. The van der Waals surface area contributed by atoms with E-state index in [1.807, 2.05) is 12.3 Å². The number of hydrogen-bond donors (Lipinski definition) is 1. The second kappa shape index (κ2) is 6.38. The number of H-pyrrole nitrogens is 1. The van der Waals surface area contributed by atoms with Crippen LogP contribution in [-0.2, 0) is 17.6 Å². The van der Waals surface area contributed by atoms with Gasteiger partial charge in [-0.2, -0.15) is 0 Å². The van der Waals surface area contributed by atoms with Gasteiger partial charge in [-0.05, 0) is 30.5 Å². The van der Waals surface area contributed by atoms with Crippen molar-refractivity contribution in [3.05, 3.63) is 54.0 Å². The lowest BCUT2D eigenvalue weighted by Crippen LogP contribution is -2.37. The lowest BCUT2D eigenvalue weighted by Gasteiger charge is -2.26. The van der Waals surface area contributed by atoms with E-state index in [0.717, 1.165) is 50.8 Å². The van der Waals surface area contributed by atoms with Gasteiger partial charge in [-0.15, -0.1) is 0 Å². The summed E-state index contributed by atoms with van der Waals surface area (Å²) in [6.45, 7) is 3.24. The van der Waals surface area contributed by atoms with Gasteiger partial charge in [0, 0.05) is 42.1 Å². The van der Waals surface area contributed by atoms with Crippen LogP contribution in [0.25, 0.3) is 10.9 Å². The summed E-state index contributed by atoms with van der Waals surface area (Å²) in [6, 6.07) is 10.4. The largest absolute Gasteiger partial charge is 0.378 e. The van der Waals surface area contributed by atoms with Crippen molar-refractivity contribution in [1.82, 2.24) is 15.0 Å². The highest BCUT2D eigenvalue weighted by Gasteiger charge is 2.14. The lowest BCUT2D eigenvalue weighted by molar-refractivity contribution is 0.122. The van der Waals surface area contributed by atoms with E-state index in [-0.39, 0.29) is 0 Å². The van der Waals surface area contributed by atoms with Crippen LogP contribution in [0.4, 0.5) is 5.95 Å². The molecule has 118 valence electrons. The first kappa shape index (κ1) is 14.2. The van der Waals surface area contributed by atoms with Crippen LogP contribution in [0.15, 0.2) is 42.7 Å². The molecule has 3 heterocycles. The number of rotatable bonds is 4. The average molecular weight is 308 g/mol. The van der Waals surface area contributed by atoms with Gasteiger partial charge in [0.05, 0.1) is 13.2 Å². The number of aromatic amines is 1. The zero-order chi connectivity index (χ0) is 15.5. The van der Waals surface area contributed by atoms with Crippen molar-refractivity contribution in [2.24, 2.45) is 0 Å². The predicted octanol–water partition coefficient (Wildman–Crippen LogP) is 2.58. The normalized spacial score (nSPS) is 15.2. The maximum Gasteiger partial charge on any atom is 0.225 e. The Hall–Kier alpha value is -2.40. The molecule has 4 rings (SSSR count). The van der Waals surface area contributed by atoms with Crippen molar-refractivity contribution in [1.29, 1.82) is 0 Å². The number of aryl methyl sites for hydroxylation is 2. The van der Waals surface area contributed by atoms with E-state index >= 15 is 0 Å². The number of aromatic nitrogens is 3. The fourth-order valence-corrected chi connectivity index (χ4v) is 3.04. The maximum absolute atomic E-state index is 5.39. The smallest absolute Gasteiger partial charge is 0.225 e. The lowest BCUT2D eigenvalue weighted by atomic mass is 10.1. The van der Waals surface area contributed by atoms with Crippen molar-refractivity contribution in [2.75, 3.05) is 31.2 Å². The Kier molecular flexibility index (Phi) is 3.94. The number of anilines is 1. The van der Waals surface area contributed by atoms with Gasteiger partial charge in [0.15, 0.2) is 0 Å². The van der Waals surface area contributed by atoms with Crippen LogP contribution in [-0.4, -0.2) is 41.3 Å². The van der Waals surface area contributed by atoms with Gasteiger partial charge in [0.1, 0.15) is 0 Å². The summed E-state index contributed by atoms with van der Waals surface area (Å²) in [6.07, 6.45) is 5.86. The quantitative estimate of drug-likeness (QED) is 0.805.